The lowest BCUT2D eigenvalue weighted by Crippen LogP contribution is -2.21. The molecule has 0 fully saturated rings. The third-order valence-corrected chi connectivity index (χ3v) is 1.82. The molecule has 1 aromatic rings. The van der Waals surface area contributed by atoms with Crippen LogP contribution in [0.1, 0.15) is 12.5 Å². The molecule has 0 saturated carbocycles. The van der Waals surface area contributed by atoms with Crippen molar-refractivity contribution in [2.75, 3.05) is 14.1 Å². The van der Waals surface area contributed by atoms with Crippen LogP contribution in [0.5, 0.6) is 0 Å². The molecule has 80 valence electrons. The molecular formula is C11H14N2O2. The maximum absolute atomic E-state index is 11.1. The second kappa shape index (κ2) is 5.14. The zero-order valence-electron chi connectivity index (χ0n) is 9.10. The van der Waals surface area contributed by atoms with Gasteiger partial charge in [0.2, 0.25) is 0 Å². The number of nitrogens with zero attached hydrogens (tertiary/aromatic N) is 2. The first kappa shape index (κ1) is 11.2. The third-order valence-electron chi connectivity index (χ3n) is 1.82. The molecule has 0 bridgehead atoms. The van der Waals surface area contributed by atoms with Gasteiger partial charge in [-0.25, -0.2) is 4.79 Å². The molecule has 1 aromatic carbocycles. The molecule has 4 heteroatoms. The van der Waals surface area contributed by atoms with Crippen molar-refractivity contribution >= 4 is 11.8 Å². The lowest BCUT2D eigenvalue weighted by atomic mass is 10.1. The smallest absolute Gasteiger partial charge is 0.312 e. The predicted octanol–water partition coefficient (Wildman–Crippen LogP) is 2.11. The molecule has 0 spiro atoms. The highest BCUT2D eigenvalue weighted by atomic mass is 16.7. The molecule has 0 N–H and O–H groups in total. The topological polar surface area (TPSA) is 41.9 Å². The van der Waals surface area contributed by atoms with Crippen molar-refractivity contribution in [3.05, 3.63) is 35.9 Å². The Kier molecular flexibility index (Phi) is 3.85. The van der Waals surface area contributed by atoms with Crippen molar-refractivity contribution < 1.29 is 9.63 Å². The van der Waals surface area contributed by atoms with Crippen molar-refractivity contribution in [2.24, 2.45) is 5.16 Å². The maximum atomic E-state index is 11.1. The molecule has 0 aliphatic heterocycles. The lowest BCUT2D eigenvalue weighted by molar-refractivity contribution is 0.122. The molecule has 4 nitrogen and oxygen atoms in total. The van der Waals surface area contributed by atoms with Crippen LogP contribution < -0.4 is 0 Å². The van der Waals surface area contributed by atoms with Crippen molar-refractivity contribution in [3.8, 4) is 0 Å². The minimum Gasteiger partial charge on any atom is -0.312 e. The van der Waals surface area contributed by atoms with Crippen molar-refractivity contribution in [1.82, 2.24) is 4.90 Å². The van der Waals surface area contributed by atoms with E-state index in [1.165, 1.54) is 4.90 Å². The Hall–Kier alpha value is -1.84. The molecule has 1 rings (SSSR count). The van der Waals surface area contributed by atoms with E-state index >= 15 is 0 Å². The van der Waals surface area contributed by atoms with Gasteiger partial charge in [0.1, 0.15) is 0 Å². The summed E-state index contributed by atoms with van der Waals surface area (Å²) in [6.07, 6.45) is -0.481. The average molecular weight is 206 g/mol. The molecule has 1 amide bonds. The summed E-state index contributed by atoms with van der Waals surface area (Å²) in [6.45, 7) is 1.79. The molecule has 0 aliphatic rings. The average Bonchev–Trinajstić information content (AvgIpc) is 2.26. The fourth-order valence-electron chi connectivity index (χ4n) is 0.921. The second-order valence-corrected chi connectivity index (χ2v) is 3.29. The van der Waals surface area contributed by atoms with Gasteiger partial charge in [-0.05, 0) is 12.5 Å². The largest absolute Gasteiger partial charge is 0.435 e. The van der Waals surface area contributed by atoms with Gasteiger partial charge in [-0.15, -0.1) is 0 Å². The van der Waals surface area contributed by atoms with E-state index in [0.717, 1.165) is 5.56 Å². The number of hydrogen-bond donors (Lipinski definition) is 0. The fourth-order valence-corrected chi connectivity index (χ4v) is 0.921. The highest BCUT2D eigenvalue weighted by Crippen LogP contribution is 2.01. The highest BCUT2D eigenvalue weighted by molar-refractivity contribution is 5.98. The van der Waals surface area contributed by atoms with Gasteiger partial charge in [-0.2, -0.15) is 0 Å². The molecule has 0 aromatic heterocycles. The van der Waals surface area contributed by atoms with Crippen LogP contribution in [0.3, 0.4) is 0 Å². The Morgan fingerprint density at radius 2 is 1.87 bits per heavy atom. The van der Waals surface area contributed by atoms with E-state index in [9.17, 15) is 4.79 Å². The van der Waals surface area contributed by atoms with Crippen LogP contribution in [0, 0.1) is 0 Å². The van der Waals surface area contributed by atoms with Gasteiger partial charge in [0, 0.05) is 14.1 Å². The first-order valence-electron chi connectivity index (χ1n) is 4.59. The zero-order chi connectivity index (χ0) is 11.3. The van der Waals surface area contributed by atoms with Gasteiger partial charge in [0.25, 0.3) is 0 Å². The Balaban J connectivity index is 2.65. The van der Waals surface area contributed by atoms with Gasteiger partial charge in [0.05, 0.1) is 5.71 Å². The molecule has 0 unspecified atom stereocenters. The van der Waals surface area contributed by atoms with Crippen LogP contribution in [0.4, 0.5) is 4.79 Å². The monoisotopic (exact) mass is 206 g/mol. The molecule has 0 saturated heterocycles. The van der Waals surface area contributed by atoms with Crippen molar-refractivity contribution in [1.29, 1.82) is 0 Å². The summed E-state index contributed by atoms with van der Waals surface area (Å²) in [4.78, 5) is 17.1. The fraction of sp³-hybridized carbons (Fsp3) is 0.273. The molecule has 0 atom stereocenters. The van der Waals surface area contributed by atoms with E-state index in [1.54, 1.807) is 21.0 Å². The van der Waals surface area contributed by atoms with E-state index in [2.05, 4.69) is 5.16 Å². The van der Waals surface area contributed by atoms with Gasteiger partial charge >= 0.3 is 6.09 Å². The van der Waals surface area contributed by atoms with E-state index in [-0.39, 0.29) is 0 Å². The normalized spacial score (nSPS) is 11.0. The summed E-state index contributed by atoms with van der Waals surface area (Å²) in [5.74, 6) is 0. The first-order chi connectivity index (χ1) is 7.11. The first-order valence-corrected chi connectivity index (χ1v) is 4.59. The minimum atomic E-state index is -0.481. The summed E-state index contributed by atoms with van der Waals surface area (Å²) in [5, 5.41) is 3.74. The third kappa shape index (κ3) is 3.42. The summed E-state index contributed by atoms with van der Waals surface area (Å²) in [6, 6.07) is 9.54. The molecule has 15 heavy (non-hydrogen) atoms. The SMILES string of the molecule is CC(=NOC(=O)N(C)C)c1ccccc1. The summed E-state index contributed by atoms with van der Waals surface area (Å²) >= 11 is 0. The van der Waals surface area contributed by atoms with E-state index in [1.807, 2.05) is 30.3 Å². The van der Waals surface area contributed by atoms with Gasteiger partial charge < -0.3 is 4.90 Å². The number of rotatable bonds is 2. The maximum Gasteiger partial charge on any atom is 0.435 e. The van der Waals surface area contributed by atoms with Crippen LogP contribution in [0.25, 0.3) is 0 Å². The molecule has 0 heterocycles. The number of benzene rings is 1. The van der Waals surface area contributed by atoms with E-state index in [0.29, 0.717) is 5.71 Å². The van der Waals surface area contributed by atoms with Crippen LogP contribution in [0.15, 0.2) is 35.5 Å². The molecule has 0 radical (unpaired) electrons. The standard InChI is InChI=1S/C11H14N2O2/c1-9(10-7-5-4-6-8-10)12-15-11(14)13(2)3/h4-8H,1-3H3. The summed E-state index contributed by atoms with van der Waals surface area (Å²) in [7, 11) is 3.21. The van der Waals surface area contributed by atoms with E-state index < -0.39 is 6.09 Å². The summed E-state index contributed by atoms with van der Waals surface area (Å²) in [5.41, 5.74) is 1.61. The van der Waals surface area contributed by atoms with Crippen LogP contribution in [-0.4, -0.2) is 30.8 Å². The van der Waals surface area contributed by atoms with Crippen LogP contribution >= 0.6 is 0 Å². The predicted molar refractivity (Wildman–Crippen MR) is 58.8 cm³/mol. The van der Waals surface area contributed by atoms with Gasteiger partial charge in [-0.1, -0.05) is 35.5 Å². The Labute approximate surface area is 89.1 Å². The van der Waals surface area contributed by atoms with Crippen molar-refractivity contribution in [2.45, 2.75) is 6.92 Å². The quantitative estimate of drug-likeness (QED) is 0.422. The van der Waals surface area contributed by atoms with Gasteiger partial charge in [0.15, 0.2) is 0 Å². The molecule has 0 aliphatic carbocycles. The van der Waals surface area contributed by atoms with Crippen LogP contribution in [0.2, 0.25) is 0 Å². The number of oxime groups is 1. The number of carbonyl (C=O) groups is 1. The molecular weight excluding hydrogens is 192 g/mol. The Morgan fingerprint density at radius 3 is 2.40 bits per heavy atom. The van der Waals surface area contributed by atoms with E-state index in [4.69, 9.17) is 4.84 Å². The second-order valence-electron chi connectivity index (χ2n) is 3.29. The van der Waals surface area contributed by atoms with Gasteiger partial charge in [-0.3, -0.25) is 4.84 Å². The number of carbonyl (C=O) groups excluding carboxylic acids is 1. The highest BCUT2D eigenvalue weighted by Gasteiger charge is 2.04. The number of amides is 1. The summed E-state index contributed by atoms with van der Waals surface area (Å²) < 4.78 is 0. The Morgan fingerprint density at radius 1 is 1.27 bits per heavy atom. The van der Waals surface area contributed by atoms with Crippen LogP contribution in [-0.2, 0) is 4.84 Å². The lowest BCUT2D eigenvalue weighted by Gasteiger charge is -2.06. The number of hydrogen-bond acceptors (Lipinski definition) is 3. The minimum absolute atomic E-state index is 0.481. The zero-order valence-corrected chi connectivity index (χ0v) is 9.10. The Bertz CT molecular complexity index is 358. The van der Waals surface area contributed by atoms with Crippen molar-refractivity contribution in [3.63, 3.8) is 0 Å².